The fourth-order valence-electron chi connectivity index (χ4n) is 3.94. The molecule has 0 saturated carbocycles. The van der Waals surface area contributed by atoms with Gasteiger partial charge in [0.1, 0.15) is 29.1 Å². The van der Waals surface area contributed by atoms with E-state index in [4.69, 9.17) is 20.8 Å². The lowest BCUT2D eigenvalue weighted by molar-refractivity contribution is -0.132. The molecule has 3 heterocycles. The molecule has 1 amide bonds. The van der Waals surface area contributed by atoms with Crippen LogP contribution < -0.4 is 9.64 Å². The van der Waals surface area contributed by atoms with Crippen molar-refractivity contribution in [3.05, 3.63) is 82.3 Å². The summed E-state index contributed by atoms with van der Waals surface area (Å²) in [6.07, 6.45) is 0. The number of amides is 1. The number of para-hydroxylation sites is 2. The maximum absolute atomic E-state index is 13.2. The molecular weight excluding hydrogens is 446 g/mol. The molecule has 33 heavy (non-hydrogen) atoms. The number of imidazole rings is 1. The predicted octanol–water partition coefficient (Wildman–Crippen LogP) is 4.75. The average Bonchev–Trinajstić information content (AvgIpc) is 3.49. The summed E-state index contributed by atoms with van der Waals surface area (Å²) in [6.45, 7) is 1.75. The number of aromatic nitrogens is 2. The summed E-state index contributed by atoms with van der Waals surface area (Å²) in [6, 6.07) is 14.2. The van der Waals surface area contributed by atoms with Crippen LogP contribution >= 0.6 is 11.6 Å². The fraction of sp³-hybridized carbons (Fsp3) is 0.125. The molecule has 0 radical (unpaired) electrons. The van der Waals surface area contributed by atoms with Gasteiger partial charge in [-0.25, -0.2) is 4.98 Å². The van der Waals surface area contributed by atoms with Crippen molar-refractivity contribution in [1.29, 1.82) is 0 Å². The SMILES string of the molecule is COc1cc(/C(O)=C2\C(=O)C(=O)N(c3nc4ccccc4[nH]3)C2c2ccc(C)o2)ccc1Cl. The first-order valence-corrected chi connectivity index (χ1v) is 10.4. The van der Waals surface area contributed by atoms with Gasteiger partial charge in [-0.15, -0.1) is 0 Å². The highest BCUT2D eigenvalue weighted by atomic mass is 35.5. The summed E-state index contributed by atoms with van der Waals surface area (Å²) < 4.78 is 11.0. The van der Waals surface area contributed by atoms with E-state index in [2.05, 4.69) is 9.97 Å². The monoisotopic (exact) mass is 463 g/mol. The average molecular weight is 464 g/mol. The summed E-state index contributed by atoms with van der Waals surface area (Å²) in [7, 11) is 1.44. The Hall–Kier alpha value is -4.04. The maximum Gasteiger partial charge on any atom is 0.302 e. The Morgan fingerprint density at radius 2 is 1.97 bits per heavy atom. The van der Waals surface area contributed by atoms with E-state index >= 15 is 0 Å². The molecule has 2 aromatic carbocycles. The highest BCUT2D eigenvalue weighted by Gasteiger charge is 2.49. The number of Topliss-reactive ketones (excluding diaryl/α,β-unsaturated/α-hetero) is 1. The van der Waals surface area contributed by atoms with Crippen LogP contribution in [0, 0.1) is 6.92 Å². The second-order valence-electron chi connectivity index (χ2n) is 7.54. The maximum atomic E-state index is 13.2. The fourth-order valence-corrected chi connectivity index (χ4v) is 4.13. The molecule has 0 bridgehead atoms. The number of ketones is 1. The molecule has 5 rings (SSSR count). The second kappa shape index (κ2) is 7.83. The van der Waals surface area contributed by atoms with Crippen molar-refractivity contribution in [2.45, 2.75) is 13.0 Å². The number of rotatable bonds is 4. The van der Waals surface area contributed by atoms with Gasteiger partial charge in [0, 0.05) is 5.56 Å². The zero-order valence-corrected chi connectivity index (χ0v) is 18.4. The number of carbonyl (C=O) groups excluding carboxylic acids is 2. The molecule has 1 saturated heterocycles. The van der Waals surface area contributed by atoms with Gasteiger partial charge in [-0.05, 0) is 49.4 Å². The van der Waals surface area contributed by atoms with Gasteiger partial charge in [0.2, 0.25) is 5.95 Å². The summed E-state index contributed by atoms with van der Waals surface area (Å²) in [5.41, 5.74) is 1.48. The van der Waals surface area contributed by atoms with E-state index in [9.17, 15) is 14.7 Å². The summed E-state index contributed by atoms with van der Waals surface area (Å²) in [5, 5.41) is 11.5. The number of aliphatic hydroxyl groups is 1. The van der Waals surface area contributed by atoms with Crippen molar-refractivity contribution in [3.63, 3.8) is 0 Å². The Morgan fingerprint density at radius 3 is 2.67 bits per heavy atom. The van der Waals surface area contributed by atoms with Gasteiger partial charge in [0.05, 0.1) is 28.7 Å². The number of H-pyrrole nitrogens is 1. The molecule has 1 aliphatic rings. The van der Waals surface area contributed by atoms with Crippen LogP contribution in [-0.4, -0.2) is 33.9 Å². The molecule has 1 fully saturated rings. The number of halogens is 1. The Bertz CT molecular complexity index is 1420. The zero-order valence-electron chi connectivity index (χ0n) is 17.6. The van der Waals surface area contributed by atoms with Crippen molar-refractivity contribution >= 4 is 46.0 Å². The third-order valence-electron chi connectivity index (χ3n) is 5.50. The normalized spacial score (nSPS) is 17.8. The van der Waals surface area contributed by atoms with Crippen LogP contribution in [-0.2, 0) is 9.59 Å². The van der Waals surface area contributed by atoms with Crippen LogP contribution in [0.1, 0.15) is 23.1 Å². The van der Waals surface area contributed by atoms with Crippen LogP contribution in [0.2, 0.25) is 5.02 Å². The number of aromatic amines is 1. The molecule has 166 valence electrons. The molecule has 2 aromatic heterocycles. The number of hydrogen-bond acceptors (Lipinski definition) is 6. The van der Waals surface area contributed by atoms with Crippen LogP contribution in [0.15, 0.2) is 64.6 Å². The number of fused-ring (bicyclic) bond motifs is 1. The molecule has 1 atom stereocenters. The van der Waals surface area contributed by atoms with Crippen molar-refractivity contribution < 1.29 is 23.8 Å². The lowest BCUT2D eigenvalue weighted by Gasteiger charge is -2.20. The number of anilines is 1. The van der Waals surface area contributed by atoms with Crippen molar-refractivity contribution in [2.75, 3.05) is 12.0 Å². The number of nitrogens with one attached hydrogen (secondary N) is 1. The third-order valence-corrected chi connectivity index (χ3v) is 5.82. The van der Waals surface area contributed by atoms with E-state index in [1.165, 1.54) is 24.1 Å². The molecule has 0 aliphatic carbocycles. The van der Waals surface area contributed by atoms with Crippen molar-refractivity contribution in [2.24, 2.45) is 0 Å². The molecule has 1 aliphatic heterocycles. The molecule has 9 heteroatoms. The number of aliphatic hydroxyl groups excluding tert-OH is 1. The molecule has 2 N–H and O–H groups in total. The van der Waals surface area contributed by atoms with Gasteiger partial charge in [0.15, 0.2) is 0 Å². The standard InChI is InChI=1S/C24H18ClN3O5/c1-12-7-10-17(33-12)20-19(21(29)13-8-9-14(25)18(11-13)32-2)22(30)23(31)28(20)24-26-15-5-3-4-6-16(15)27-24/h3-11,20,29H,1-2H3,(H,26,27)/b21-19+. The second-order valence-corrected chi connectivity index (χ2v) is 7.95. The van der Waals surface area contributed by atoms with Crippen LogP contribution in [0.25, 0.3) is 16.8 Å². The van der Waals surface area contributed by atoms with Crippen LogP contribution in [0.5, 0.6) is 5.75 Å². The highest BCUT2D eigenvalue weighted by molar-refractivity contribution is 6.51. The molecule has 1 unspecified atom stereocenters. The Labute approximate surface area is 193 Å². The number of benzene rings is 2. The lowest BCUT2D eigenvalue weighted by atomic mass is 9.99. The van der Waals surface area contributed by atoms with Crippen LogP contribution in [0.3, 0.4) is 0 Å². The predicted molar refractivity (Wildman–Crippen MR) is 122 cm³/mol. The zero-order chi connectivity index (χ0) is 23.3. The first-order chi connectivity index (χ1) is 15.9. The quantitative estimate of drug-likeness (QED) is 0.257. The van der Waals surface area contributed by atoms with Crippen molar-refractivity contribution in [3.8, 4) is 5.75 Å². The molecule has 8 nitrogen and oxygen atoms in total. The minimum Gasteiger partial charge on any atom is -0.507 e. The number of aryl methyl sites for hydroxylation is 1. The first kappa shape index (κ1) is 20.8. The van der Waals surface area contributed by atoms with E-state index in [1.54, 1.807) is 31.2 Å². The van der Waals surface area contributed by atoms with E-state index in [0.29, 0.717) is 33.3 Å². The van der Waals surface area contributed by atoms with E-state index in [1.807, 2.05) is 18.2 Å². The van der Waals surface area contributed by atoms with Crippen molar-refractivity contribution in [1.82, 2.24) is 9.97 Å². The van der Waals surface area contributed by atoms with Gasteiger partial charge in [-0.2, -0.15) is 0 Å². The number of methoxy groups -OCH3 is 1. The van der Waals surface area contributed by atoms with Gasteiger partial charge >= 0.3 is 5.91 Å². The lowest BCUT2D eigenvalue weighted by Crippen LogP contribution is -2.30. The summed E-state index contributed by atoms with van der Waals surface area (Å²) in [4.78, 5) is 35.1. The number of ether oxygens (including phenoxy) is 1. The minimum atomic E-state index is -1.03. The Morgan fingerprint density at radius 1 is 1.18 bits per heavy atom. The Balaban J connectivity index is 1.72. The largest absolute Gasteiger partial charge is 0.507 e. The van der Waals surface area contributed by atoms with E-state index < -0.39 is 17.7 Å². The highest BCUT2D eigenvalue weighted by Crippen LogP contribution is 2.42. The molecular formula is C24H18ClN3O5. The topological polar surface area (TPSA) is 109 Å². The van der Waals surface area contributed by atoms with Gasteiger partial charge in [0.25, 0.3) is 5.78 Å². The number of carbonyl (C=O) groups is 2. The first-order valence-electron chi connectivity index (χ1n) is 10.0. The van der Waals surface area contributed by atoms with Gasteiger partial charge in [-0.1, -0.05) is 23.7 Å². The van der Waals surface area contributed by atoms with E-state index in [-0.39, 0.29) is 22.8 Å². The number of furan rings is 1. The van der Waals surface area contributed by atoms with E-state index in [0.717, 1.165) is 0 Å². The number of hydrogen-bond donors (Lipinski definition) is 2. The summed E-state index contributed by atoms with van der Waals surface area (Å²) >= 11 is 6.10. The number of nitrogens with zero attached hydrogens (tertiary/aromatic N) is 2. The van der Waals surface area contributed by atoms with Crippen LogP contribution in [0.4, 0.5) is 5.95 Å². The third kappa shape index (κ3) is 3.35. The Kier molecular flexibility index (Phi) is 4.94. The molecule has 0 spiro atoms. The summed E-state index contributed by atoms with van der Waals surface area (Å²) in [5.74, 6) is -0.678. The van der Waals surface area contributed by atoms with Gasteiger partial charge in [-0.3, -0.25) is 14.5 Å². The molecule has 4 aromatic rings. The minimum absolute atomic E-state index is 0.126. The smallest absolute Gasteiger partial charge is 0.302 e. The van der Waals surface area contributed by atoms with Gasteiger partial charge < -0.3 is 19.2 Å².